The number of halogens is 1. The number of carbonyl (C=O) groups is 3. The van der Waals surface area contributed by atoms with Gasteiger partial charge in [-0.2, -0.15) is 0 Å². The number of nitrogens with zero attached hydrogens (tertiary/aromatic N) is 1. The number of esters is 1. The summed E-state index contributed by atoms with van der Waals surface area (Å²) in [5.74, 6) is -1.23. The first-order valence-electron chi connectivity index (χ1n) is 9.28. The van der Waals surface area contributed by atoms with Crippen LogP contribution in [0.2, 0.25) is 0 Å². The molecule has 0 spiro atoms. The first kappa shape index (κ1) is 22.2. The molecular formula is C21H20FN3O5S. The maximum absolute atomic E-state index is 13.1. The van der Waals surface area contributed by atoms with Gasteiger partial charge >= 0.3 is 12.1 Å². The lowest BCUT2D eigenvalue weighted by Crippen LogP contribution is -2.49. The zero-order valence-corrected chi connectivity index (χ0v) is 17.4. The third-order valence-electron chi connectivity index (χ3n) is 4.32. The second-order valence-corrected chi connectivity index (χ2v) is 7.47. The van der Waals surface area contributed by atoms with Crippen molar-refractivity contribution >= 4 is 39.5 Å². The number of benzene rings is 1. The molecule has 3 aromatic rings. The number of carbonyl (C=O) groups excluding carboxylic acids is 3. The number of pyridine rings is 1. The van der Waals surface area contributed by atoms with Gasteiger partial charge in [-0.3, -0.25) is 9.78 Å². The molecule has 2 heterocycles. The van der Waals surface area contributed by atoms with Crippen LogP contribution in [0.4, 0.5) is 9.18 Å². The van der Waals surface area contributed by atoms with Gasteiger partial charge in [0, 0.05) is 18.3 Å². The quantitative estimate of drug-likeness (QED) is 0.517. The number of rotatable bonds is 8. The van der Waals surface area contributed by atoms with E-state index in [4.69, 9.17) is 4.74 Å². The van der Waals surface area contributed by atoms with Crippen molar-refractivity contribution in [1.82, 2.24) is 15.6 Å². The number of amides is 2. The molecule has 1 aromatic carbocycles. The van der Waals surface area contributed by atoms with Crippen LogP contribution in [0, 0.1) is 0 Å². The number of nitrogens with one attached hydrogen (secondary N) is 2. The molecule has 0 aliphatic carbocycles. The van der Waals surface area contributed by atoms with E-state index in [1.165, 1.54) is 13.3 Å². The molecule has 0 aliphatic rings. The number of thiophene rings is 1. The SMILES string of the molecule is COC(=O)[C@@H](CNC(=O)c1cc2nccc(CF)c2s1)NC(=O)OCc1ccccc1. The van der Waals surface area contributed by atoms with Gasteiger partial charge in [0.2, 0.25) is 0 Å². The highest BCUT2D eigenvalue weighted by atomic mass is 32.1. The zero-order valence-electron chi connectivity index (χ0n) is 16.6. The number of fused-ring (bicyclic) bond motifs is 1. The molecule has 0 radical (unpaired) electrons. The molecule has 10 heteroatoms. The summed E-state index contributed by atoms with van der Waals surface area (Å²) >= 11 is 1.10. The molecule has 2 N–H and O–H groups in total. The molecule has 8 nitrogen and oxygen atoms in total. The van der Waals surface area contributed by atoms with E-state index in [-0.39, 0.29) is 13.2 Å². The number of aromatic nitrogens is 1. The summed E-state index contributed by atoms with van der Waals surface area (Å²) in [5.41, 5.74) is 1.74. The Hall–Kier alpha value is -3.53. The van der Waals surface area contributed by atoms with E-state index in [9.17, 15) is 18.8 Å². The molecule has 0 unspecified atom stereocenters. The van der Waals surface area contributed by atoms with Gasteiger partial charge in [0.1, 0.15) is 19.3 Å². The Kier molecular flexibility index (Phi) is 7.50. The normalized spacial score (nSPS) is 11.5. The molecule has 2 amide bonds. The van der Waals surface area contributed by atoms with Crippen molar-refractivity contribution < 1.29 is 28.2 Å². The van der Waals surface area contributed by atoms with E-state index in [2.05, 4.69) is 20.4 Å². The highest BCUT2D eigenvalue weighted by Crippen LogP contribution is 2.27. The van der Waals surface area contributed by atoms with Gasteiger partial charge in [-0.25, -0.2) is 14.0 Å². The minimum Gasteiger partial charge on any atom is -0.467 e. The summed E-state index contributed by atoms with van der Waals surface area (Å²) in [6.07, 6.45) is 0.649. The molecule has 0 saturated heterocycles. The average molecular weight is 445 g/mol. The molecule has 1 atom stereocenters. The van der Waals surface area contributed by atoms with Crippen LogP contribution in [-0.2, 0) is 27.5 Å². The number of ether oxygens (including phenoxy) is 2. The van der Waals surface area contributed by atoms with Crippen LogP contribution < -0.4 is 10.6 Å². The Labute approximate surface area is 181 Å². The third kappa shape index (κ3) is 5.76. The highest BCUT2D eigenvalue weighted by molar-refractivity contribution is 7.21. The van der Waals surface area contributed by atoms with Crippen molar-refractivity contribution in [3.63, 3.8) is 0 Å². The summed E-state index contributed by atoms with van der Waals surface area (Å²) in [7, 11) is 1.17. The maximum Gasteiger partial charge on any atom is 0.408 e. The second kappa shape index (κ2) is 10.5. The Bertz CT molecular complexity index is 1070. The van der Waals surface area contributed by atoms with E-state index in [1.807, 2.05) is 18.2 Å². The van der Waals surface area contributed by atoms with Crippen molar-refractivity contribution in [3.8, 4) is 0 Å². The van der Waals surface area contributed by atoms with Crippen LogP contribution in [0.3, 0.4) is 0 Å². The fraction of sp³-hybridized carbons (Fsp3) is 0.238. The van der Waals surface area contributed by atoms with Crippen molar-refractivity contribution in [2.24, 2.45) is 0 Å². The molecule has 0 aliphatic heterocycles. The number of alkyl carbamates (subject to hydrolysis) is 1. The van der Waals surface area contributed by atoms with Gasteiger partial charge in [0.05, 0.1) is 22.2 Å². The third-order valence-corrected chi connectivity index (χ3v) is 5.52. The van der Waals surface area contributed by atoms with Gasteiger partial charge in [-0.15, -0.1) is 11.3 Å². The van der Waals surface area contributed by atoms with E-state index < -0.39 is 30.7 Å². The predicted octanol–water partition coefficient (Wildman–Crippen LogP) is 2.96. The van der Waals surface area contributed by atoms with Crippen molar-refractivity contribution in [3.05, 3.63) is 64.7 Å². The Balaban J connectivity index is 1.60. The highest BCUT2D eigenvalue weighted by Gasteiger charge is 2.24. The van der Waals surface area contributed by atoms with Gasteiger partial charge in [-0.1, -0.05) is 30.3 Å². The molecule has 2 aromatic heterocycles. The van der Waals surface area contributed by atoms with Crippen LogP contribution in [0.5, 0.6) is 0 Å². The minimum atomic E-state index is -1.15. The minimum absolute atomic E-state index is 0.0264. The maximum atomic E-state index is 13.1. The van der Waals surface area contributed by atoms with Gasteiger partial charge < -0.3 is 20.1 Å². The van der Waals surface area contributed by atoms with Gasteiger partial charge in [0.15, 0.2) is 0 Å². The summed E-state index contributed by atoms with van der Waals surface area (Å²) in [5, 5.41) is 4.95. The number of alkyl halides is 1. The summed E-state index contributed by atoms with van der Waals surface area (Å²) in [6, 6.07) is 11.0. The molecule has 0 fully saturated rings. The topological polar surface area (TPSA) is 107 Å². The predicted molar refractivity (Wildman–Crippen MR) is 112 cm³/mol. The molecule has 3 rings (SSSR count). The standard InChI is InChI=1S/C21H20FN3O5S/c1-29-20(27)16(25-21(28)30-12-13-5-3-2-4-6-13)11-24-19(26)17-9-15-18(31-17)14(10-22)7-8-23-15/h2-9,16H,10-12H2,1H3,(H,24,26)(H,25,28)/t16-/m1/s1. The van der Waals surface area contributed by atoms with Crippen LogP contribution in [-0.4, -0.2) is 42.7 Å². The van der Waals surface area contributed by atoms with E-state index >= 15 is 0 Å². The summed E-state index contributed by atoms with van der Waals surface area (Å²) in [4.78, 5) is 41.0. The van der Waals surface area contributed by atoms with E-state index in [0.29, 0.717) is 20.7 Å². The molecular weight excluding hydrogens is 425 g/mol. The van der Waals surface area contributed by atoms with Crippen molar-refractivity contribution in [2.75, 3.05) is 13.7 Å². The van der Waals surface area contributed by atoms with E-state index in [1.54, 1.807) is 24.3 Å². The second-order valence-electron chi connectivity index (χ2n) is 6.42. The van der Waals surface area contributed by atoms with Crippen LogP contribution in [0.1, 0.15) is 20.8 Å². The van der Waals surface area contributed by atoms with Crippen LogP contribution >= 0.6 is 11.3 Å². The fourth-order valence-electron chi connectivity index (χ4n) is 2.73. The largest absolute Gasteiger partial charge is 0.467 e. The Morgan fingerprint density at radius 2 is 1.97 bits per heavy atom. The Morgan fingerprint density at radius 3 is 2.68 bits per heavy atom. The zero-order chi connectivity index (χ0) is 22.2. The molecule has 0 bridgehead atoms. The summed E-state index contributed by atoms with van der Waals surface area (Å²) < 4.78 is 23.5. The first-order valence-corrected chi connectivity index (χ1v) is 10.1. The lowest BCUT2D eigenvalue weighted by atomic mass is 10.2. The molecule has 31 heavy (non-hydrogen) atoms. The van der Waals surface area contributed by atoms with Crippen LogP contribution in [0.25, 0.3) is 10.2 Å². The number of hydrogen-bond donors (Lipinski definition) is 2. The van der Waals surface area contributed by atoms with Gasteiger partial charge in [-0.05, 0) is 17.7 Å². The van der Waals surface area contributed by atoms with Crippen molar-refractivity contribution in [2.45, 2.75) is 19.3 Å². The monoisotopic (exact) mass is 445 g/mol. The fourth-order valence-corrected chi connectivity index (χ4v) is 3.76. The van der Waals surface area contributed by atoms with Crippen LogP contribution in [0.15, 0.2) is 48.7 Å². The van der Waals surface area contributed by atoms with E-state index in [0.717, 1.165) is 16.9 Å². The Morgan fingerprint density at radius 1 is 1.19 bits per heavy atom. The first-order chi connectivity index (χ1) is 15.0. The average Bonchev–Trinajstić information content (AvgIpc) is 3.25. The smallest absolute Gasteiger partial charge is 0.408 e. The number of methoxy groups -OCH3 is 1. The van der Waals surface area contributed by atoms with Gasteiger partial charge in [0.25, 0.3) is 5.91 Å². The summed E-state index contributed by atoms with van der Waals surface area (Å²) in [6.45, 7) is -0.859. The number of hydrogen-bond acceptors (Lipinski definition) is 7. The molecule has 0 saturated carbocycles. The lowest BCUT2D eigenvalue weighted by molar-refractivity contribution is -0.142. The molecule has 162 valence electrons. The lowest BCUT2D eigenvalue weighted by Gasteiger charge is -2.17. The van der Waals surface area contributed by atoms with Crippen molar-refractivity contribution in [1.29, 1.82) is 0 Å².